The average molecular weight is 423 g/mol. The molecule has 2 amide bonds. The summed E-state index contributed by atoms with van der Waals surface area (Å²) in [5.41, 5.74) is 0.503. The Morgan fingerprint density at radius 2 is 1.83 bits per heavy atom. The molecule has 1 aromatic rings. The molecule has 1 aromatic carbocycles. The zero-order valence-electron chi connectivity index (χ0n) is 17.2. The van der Waals surface area contributed by atoms with Gasteiger partial charge in [-0.25, -0.2) is 4.39 Å². The Balaban J connectivity index is 0.00000101. The fourth-order valence-corrected chi connectivity index (χ4v) is 3.89. The van der Waals surface area contributed by atoms with Crippen LogP contribution in [-0.4, -0.2) is 83.7 Å². The smallest absolute Gasteiger partial charge is 0.290 e. The van der Waals surface area contributed by atoms with Crippen LogP contribution in [0, 0.1) is 11.7 Å². The number of aliphatic hydroxyl groups excluding tert-OH is 1. The van der Waals surface area contributed by atoms with Crippen LogP contribution >= 0.6 is 0 Å². The van der Waals surface area contributed by atoms with Gasteiger partial charge in [-0.1, -0.05) is 18.2 Å². The number of hydrogen-bond donors (Lipinski definition) is 3. The lowest BCUT2D eigenvalue weighted by molar-refractivity contribution is -0.137. The van der Waals surface area contributed by atoms with E-state index >= 15 is 0 Å². The molecule has 30 heavy (non-hydrogen) atoms. The number of benzene rings is 1. The lowest BCUT2D eigenvalue weighted by Crippen LogP contribution is -2.49. The Morgan fingerprint density at radius 1 is 1.20 bits per heavy atom. The van der Waals surface area contributed by atoms with Gasteiger partial charge in [-0.3, -0.25) is 14.4 Å². The Morgan fingerprint density at radius 3 is 2.47 bits per heavy atom. The summed E-state index contributed by atoms with van der Waals surface area (Å²) in [6.45, 7) is 2.89. The largest absolute Gasteiger partial charge is 0.483 e. The van der Waals surface area contributed by atoms with Crippen LogP contribution < -0.4 is 5.32 Å². The van der Waals surface area contributed by atoms with Crippen LogP contribution in [0.25, 0.3) is 0 Å². The van der Waals surface area contributed by atoms with E-state index in [1.54, 1.807) is 18.2 Å². The quantitative estimate of drug-likeness (QED) is 0.595. The number of halogens is 1. The summed E-state index contributed by atoms with van der Waals surface area (Å²) in [4.78, 5) is 37.3. The number of carbonyl (C=O) groups excluding carboxylic acids is 2. The second-order valence-electron chi connectivity index (χ2n) is 7.74. The molecule has 3 atom stereocenters. The van der Waals surface area contributed by atoms with Crippen LogP contribution in [0.5, 0.6) is 0 Å². The topological polar surface area (TPSA) is 110 Å². The van der Waals surface area contributed by atoms with Crippen molar-refractivity contribution in [2.45, 2.75) is 37.8 Å². The van der Waals surface area contributed by atoms with E-state index in [2.05, 4.69) is 10.2 Å². The van der Waals surface area contributed by atoms with Gasteiger partial charge in [0.2, 0.25) is 11.8 Å². The number of likely N-dealkylation sites (N-methyl/N-ethyl adjacent to an activating group) is 1. The number of carbonyl (C=O) groups is 3. The number of aliphatic hydroxyl groups is 1. The van der Waals surface area contributed by atoms with Crippen molar-refractivity contribution in [1.29, 1.82) is 0 Å². The fourth-order valence-electron chi connectivity index (χ4n) is 3.89. The molecule has 0 bridgehead atoms. The number of aryl methyl sites for hydroxylation is 1. The molecule has 0 aromatic heterocycles. The van der Waals surface area contributed by atoms with Gasteiger partial charge in [-0.05, 0) is 37.9 Å². The maximum absolute atomic E-state index is 13.6. The average Bonchev–Trinajstić information content (AvgIpc) is 3.08. The molecule has 1 aliphatic carbocycles. The van der Waals surface area contributed by atoms with Gasteiger partial charge in [-0.15, -0.1) is 0 Å². The van der Waals surface area contributed by atoms with Crippen molar-refractivity contribution >= 4 is 18.3 Å². The fraction of sp³-hybridized carbons (Fsp3) is 0.571. The Hall–Kier alpha value is -2.52. The Labute approximate surface area is 175 Å². The zero-order valence-corrected chi connectivity index (χ0v) is 17.2. The van der Waals surface area contributed by atoms with E-state index in [0.717, 1.165) is 13.1 Å². The van der Waals surface area contributed by atoms with Crippen LogP contribution in [-0.2, 0) is 20.8 Å². The third-order valence-corrected chi connectivity index (χ3v) is 5.62. The van der Waals surface area contributed by atoms with E-state index in [9.17, 15) is 19.1 Å². The van der Waals surface area contributed by atoms with E-state index in [4.69, 9.17) is 9.90 Å². The van der Waals surface area contributed by atoms with E-state index in [1.807, 2.05) is 11.9 Å². The van der Waals surface area contributed by atoms with Crippen LogP contribution in [0.2, 0.25) is 0 Å². The van der Waals surface area contributed by atoms with Gasteiger partial charge in [-0.2, -0.15) is 0 Å². The molecule has 9 heteroatoms. The minimum atomic E-state index is -0.719. The molecule has 3 rings (SSSR count). The molecule has 2 fully saturated rings. The predicted molar refractivity (Wildman–Crippen MR) is 108 cm³/mol. The highest BCUT2D eigenvalue weighted by molar-refractivity contribution is 5.80. The van der Waals surface area contributed by atoms with Gasteiger partial charge in [0.05, 0.1) is 12.1 Å². The molecule has 0 radical (unpaired) electrons. The molecular weight excluding hydrogens is 393 g/mol. The minimum absolute atomic E-state index is 0.0743. The molecular formula is C21H30FN3O5. The van der Waals surface area contributed by atoms with Crippen molar-refractivity contribution in [2.24, 2.45) is 5.92 Å². The van der Waals surface area contributed by atoms with E-state index in [1.165, 1.54) is 6.07 Å². The number of carboxylic acid groups (broad SMARTS) is 1. The second kappa shape index (κ2) is 11.6. The van der Waals surface area contributed by atoms with Gasteiger partial charge in [0.1, 0.15) is 5.82 Å². The summed E-state index contributed by atoms with van der Waals surface area (Å²) < 4.78 is 13.6. The lowest BCUT2D eigenvalue weighted by Gasteiger charge is -2.34. The SMILES string of the molecule is CN1CCN(C(=O)[C@@H]2C[C@@H](O)[C@H](NC(=O)CCc3ccccc3F)C2)CC1.O=CO. The van der Waals surface area contributed by atoms with Gasteiger partial charge in [0, 0.05) is 38.5 Å². The summed E-state index contributed by atoms with van der Waals surface area (Å²) >= 11 is 0. The summed E-state index contributed by atoms with van der Waals surface area (Å²) in [5.74, 6) is -0.718. The van der Waals surface area contributed by atoms with Crippen molar-refractivity contribution < 1.29 is 29.0 Å². The van der Waals surface area contributed by atoms with Crippen LogP contribution in [0.1, 0.15) is 24.8 Å². The number of nitrogens with zero attached hydrogens (tertiary/aromatic N) is 2. The zero-order chi connectivity index (χ0) is 22.1. The van der Waals surface area contributed by atoms with Crippen molar-refractivity contribution in [1.82, 2.24) is 15.1 Å². The molecule has 1 aliphatic heterocycles. The molecule has 1 heterocycles. The molecule has 166 valence electrons. The monoisotopic (exact) mass is 423 g/mol. The second-order valence-corrected chi connectivity index (χ2v) is 7.74. The standard InChI is InChI=1S/C20H28FN3O3.CH2O2/c1-23-8-10-24(11-9-23)20(27)15-12-17(18(25)13-15)22-19(26)7-6-14-4-2-3-5-16(14)21;2-1-3/h2-5,15,17-18,25H,6-13H2,1H3,(H,22,26);1H,(H,2,3)/t15-,17+,18+;/m0./s1. The van der Waals surface area contributed by atoms with Crippen molar-refractivity contribution in [3.8, 4) is 0 Å². The maximum atomic E-state index is 13.6. The summed E-state index contributed by atoms with van der Waals surface area (Å²) in [5, 5.41) is 20.0. The number of amides is 2. The van der Waals surface area contributed by atoms with Gasteiger partial charge < -0.3 is 25.3 Å². The van der Waals surface area contributed by atoms with Crippen LogP contribution in [0.4, 0.5) is 4.39 Å². The maximum Gasteiger partial charge on any atom is 0.290 e. The molecule has 0 spiro atoms. The first-order chi connectivity index (χ1) is 14.3. The third kappa shape index (κ3) is 6.77. The molecule has 1 saturated carbocycles. The summed E-state index contributed by atoms with van der Waals surface area (Å²) in [6.07, 6.45) is 0.580. The number of hydrogen-bond acceptors (Lipinski definition) is 5. The van der Waals surface area contributed by atoms with Gasteiger partial charge in [0.15, 0.2) is 0 Å². The van der Waals surface area contributed by atoms with Crippen molar-refractivity contribution in [3.63, 3.8) is 0 Å². The molecule has 8 nitrogen and oxygen atoms in total. The highest BCUT2D eigenvalue weighted by atomic mass is 19.1. The normalized spacial score (nSPS) is 24.0. The first-order valence-electron chi connectivity index (χ1n) is 10.1. The number of nitrogens with one attached hydrogen (secondary N) is 1. The first kappa shape index (κ1) is 23.8. The molecule has 0 unspecified atom stereocenters. The van der Waals surface area contributed by atoms with Crippen molar-refractivity contribution in [3.05, 3.63) is 35.6 Å². The minimum Gasteiger partial charge on any atom is -0.483 e. The van der Waals surface area contributed by atoms with Crippen LogP contribution in [0.15, 0.2) is 24.3 Å². The highest BCUT2D eigenvalue weighted by Gasteiger charge is 2.39. The highest BCUT2D eigenvalue weighted by Crippen LogP contribution is 2.28. The lowest BCUT2D eigenvalue weighted by atomic mass is 10.1. The van der Waals surface area contributed by atoms with E-state index in [-0.39, 0.29) is 36.4 Å². The summed E-state index contributed by atoms with van der Waals surface area (Å²) in [7, 11) is 2.04. The first-order valence-corrected chi connectivity index (χ1v) is 10.1. The Bertz CT molecular complexity index is 724. The number of piperazine rings is 1. The van der Waals surface area contributed by atoms with E-state index in [0.29, 0.717) is 37.9 Å². The van der Waals surface area contributed by atoms with Gasteiger partial charge in [0.25, 0.3) is 6.47 Å². The number of rotatable bonds is 5. The Kier molecular flexibility index (Phi) is 9.19. The molecule has 1 saturated heterocycles. The van der Waals surface area contributed by atoms with Crippen LogP contribution in [0.3, 0.4) is 0 Å². The third-order valence-electron chi connectivity index (χ3n) is 5.62. The summed E-state index contributed by atoms with van der Waals surface area (Å²) in [6, 6.07) is 5.98. The predicted octanol–water partition coefficient (Wildman–Crippen LogP) is 0.489. The molecule has 3 N–H and O–H groups in total. The van der Waals surface area contributed by atoms with Crippen molar-refractivity contribution in [2.75, 3.05) is 33.2 Å². The van der Waals surface area contributed by atoms with E-state index < -0.39 is 12.1 Å². The van der Waals surface area contributed by atoms with Gasteiger partial charge >= 0.3 is 0 Å². The molecule has 2 aliphatic rings.